The van der Waals surface area contributed by atoms with E-state index in [1.54, 1.807) is 12.3 Å². The van der Waals surface area contributed by atoms with Gasteiger partial charge in [0.05, 0.1) is 11.0 Å². The molecule has 0 radical (unpaired) electrons. The van der Waals surface area contributed by atoms with Crippen molar-refractivity contribution in [3.63, 3.8) is 0 Å². The van der Waals surface area contributed by atoms with Gasteiger partial charge in [0.1, 0.15) is 11.8 Å². The molecule has 4 heteroatoms. The second kappa shape index (κ2) is 8.75. The van der Waals surface area contributed by atoms with Gasteiger partial charge in [-0.15, -0.1) is 0 Å². The van der Waals surface area contributed by atoms with Crippen LogP contribution >= 0.6 is 0 Å². The van der Waals surface area contributed by atoms with Crippen molar-refractivity contribution in [1.82, 2.24) is 9.97 Å². The molecular formula is C22H26N2O2. The number of esters is 1. The van der Waals surface area contributed by atoms with Crippen molar-refractivity contribution in [3.05, 3.63) is 48.3 Å². The molecule has 0 aliphatic carbocycles. The number of unbranched alkanes of at least 4 members (excludes halogenated alkanes) is 2. The van der Waals surface area contributed by atoms with E-state index >= 15 is 0 Å². The Labute approximate surface area is 154 Å². The Morgan fingerprint density at radius 3 is 2.31 bits per heavy atom. The van der Waals surface area contributed by atoms with Crippen LogP contribution in [0.3, 0.4) is 0 Å². The van der Waals surface area contributed by atoms with Gasteiger partial charge in [-0.3, -0.25) is 4.98 Å². The molecule has 3 aromatic rings. The average Bonchev–Trinajstić information content (AvgIpc) is 2.69. The van der Waals surface area contributed by atoms with E-state index in [0.29, 0.717) is 5.69 Å². The summed E-state index contributed by atoms with van der Waals surface area (Å²) in [5.74, 6) is -0.336. The van der Waals surface area contributed by atoms with Gasteiger partial charge < -0.3 is 4.74 Å². The van der Waals surface area contributed by atoms with Crippen LogP contribution in [0.5, 0.6) is 0 Å². The minimum Gasteiger partial charge on any atom is -0.458 e. The third kappa shape index (κ3) is 4.18. The highest BCUT2D eigenvalue weighted by Crippen LogP contribution is 2.23. The Morgan fingerprint density at radius 2 is 1.62 bits per heavy atom. The molecule has 136 valence electrons. The Kier molecular flexibility index (Phi) is 6.16. The van der Waals surface area contributed by atoms with Gasteiger partial charge in [-0.25, -0.2) is 9.78 Å². The summed E-state index contributed by atoms with van der Waals surface area (Å²) < 4.78 is 5.78. The van der Waals surface area contributed by atoms with E-state index in [0.717, 1.165) is 60.3 Å². The van der Waals surface area contributed by atoms with Gasteiger partial charge in [-0.05, 0) is 25.0 Å². The Balaban J connectivity index is 1.86. The average molecular weight is 350 g/mol. The second-order valence-corrected chi connectivity index (χ2v) is 6.72. The third-order valence-electron chi connectivity index (χ3n) is 4.67. The van der Waals surface area contributed by atoms with E-state index in [9.17, 15) is 4.79 Å². The van der Waals surface area contributed by atoms with Crippen LogP contribution in [0.2, 0.25) is 0 Å². The zero-order chi connectivity index (χ0) is 18.4. The van der Waals surface area contributed by atoms with Crippen LogP contribution in [-0.4, -0.2) is 22.0 Å². The van der Waals surface area contributed by atoms with Crippen LogP contribution in [0.4, 0.5) is 0 Å². The van der Waals surface area contributed by atoms with Crippen LogP contribution in [0, 0.1) is 0 Å². The summed E-state index contributed by atoms with van der Waals surface area (Å²) in [5.41, 5.74) is 1.91. The summed E-state index contributed by atoms with van der Waals surface area (Å²) in [5, 5.41) is 1.99. The van der Waals surface area contributed by atoms with E-state index < -0.39 is 0 Å². The molecule has 0 amide bonds. The molecule has 0 bridgehead atoms. The number of ether oxygens (including phenoxy) is 1. The third-order valence-corrected chi connectivity index (χ3v) is 4.67. The van der Waals surface area contributed by atoms with Crippen LogP contribution in [-0.2, 0) is 4.74 Å². The van der Waals surface area contributed by atoms with Gasteiger partial charge in [0.2, 0.25) is 0 Å². The van der Waals surface area contributed by atoms with Crippen molar-refractivity contribution in [2.75, 3.05) is 0 Å². The minimum absolute atomic E-state index is 0.0226. The van der Waals surface area contributed by atoms with Gasteiger partial charge in [-0.1, -0.05) is 63.8 Å². The molecular weight excluding hydrogens is 324 g/mol. The maximum absolute atomic E-state index is 12.7. The largest absolute Gasteiger partial charge is 0.458 e. The summed E-state index contributed by atoms with van der Waals surface area (Å²) in [6.45, 7) is 4.31. The number of fused-ring (bicyclic) bond motifs is 3. The van der Waals surface area contributed by atoms with Crippen molar-refractivity contribution in [2.45, 2.75) is 58.5 Å². The number of carbonyl (C=O) groups excluding carboxylic acids is 1. The summed E-state index contributed by atoms with van der Waals surface area (Å²) in [4.78, 5) is 21.7. The predicted octanol–water partition coefficient (Wildman–Crippen LogP) is 5.69. The predicted molar refractivity (Wildman–Crippen MR) is 105 cm³/mol. The highest BCUT2D eigenvalue weighted by molar-refractivity contribution is 6.04. The molecule has 0 fully saturated rings. The lowest BCUT2D eigenvalue weighted by atomic mass is 10.1. The molecule has 0 saturated carbocycles. The molecule has 2 heterocycles. The standard InChI is InChI=1S/C22H26N2O2/c1-3-5-9-18(10-6-4-2)26-22(25)19-14-13-17-12-11-16-8-7-15-23-20(16)21(17)24-19/h7-8,11-15,18H,3-6,9-10H2,1-2H3. The molecule has 1 aromatic carbocycles. The first kappa shape index (κ1) is 18.3. The minimum atomic E-state index is -0.336. The van der Waals surface area contributed by atoms with Crippen LogP contribution in [0.1, 0.15) is 62.9 Å². The highest BCUT2D eigenvalue weighted by atomic mass is 16.5. The van der Waals surface area contributed by atoms with E-state index in [-0.39, 0.29) is 12.1 Å². The summed E-state index contributed by atoms with van der Waals surface area (Å²) >= 11 is 0. The fourth-order valence-corrected chi connectivity index (χ4v) is 3.17. The first-order valence-corrected chi connectivity index (χ1v) is 9.58. The number of hydrogen-bond donors (Lipinski definition) is 0. The molecule has 0 unspecified atom stereocenters. The lowest BCUT2D eigenvalue weighted by molar-refractivity contribution is 0.0245. The van der Waals surface area contributed by atoms with Crippen molar-refractivity contribution >= 4 is 27.8 Å². The van der Waals surface area contributed by atoms with E-state index in [1.807, 2.05) is 30.3 Å². The summed E-state index contributed by atoms with van der Waals surface area (Å²) in [6.07, 6.45) is 7.91. The molecule has 3 rings (SSSR count). The first-order valence-electron chi connectivity index (χ1n) is 9.58. The van der Waals surface area contributed by atoms with Gasteiger partial charge in [0, 0.05) is 17.0 Å². The number of benzene rings is 1. The summed E-state index contributed by atoms with van der Waals surface area (Å²) in [6, 6.07) is 11.6. The molecule has 0 aliphatic rings. The zero-order valence-electron chi connectivity index (χ0n) is 15.6. The quantitative estimate of drug-likeness (QED) is 0.387. The maximum Gasteiger partial charge on any atom is 0.357 e. The monoisotopic (exact) mass is 350 g/mol. The van der Waals surface area contributed by atoms with E-state index in [4.69, 9.17) is 4.74 Å². The maximum atomic E-state index is 12.7. The molecule has 0 atom stereocenters. The highest BCUT2D eigenvalue weighted by Gasteiger charge is 2.17. The van der Waals surface area contributed by atoms with E-state index in [2.05, 4.69) is 23.8 Å². The van der Waals surface area contributed by atoms with Crippen LogP contribution in [0.15, 0.2) is 42.6 Å². The number of nitrogens with zero attached hydrogens (tertiary/aromatic N) is 2. The zero-order valence-corrected chi connectivity index (χ0v) is 15.6. The number of rotatable bonds is 8. The Morgan fingerprint density at radius 1 is 0.962 bits per heavy atom. The Bertz CT molecular complexity index is 884. The SMILES string of the molecule is CCCCC(CCCC)OC(=O)c1ccc2ccc3cccnc3c2n1. The van der Waals surface area contributed by atoms with Crippen molar-refractivity contribution < 1.29 is 9.53 Å². The van der Waals surface area contributed by atoms with Crippen molar-refractivity contribution in [3.8, 4) is 0 Å². The molecule has 2 aromatic heterocycles. The molecule has 0 aliphatic heterocycles. The molecule has 0 N–H and O–H groups in total. The number of aromatic nitrogens is 2. The van der Waals surface area contributed by atoms with Gasteiger partial charge >= 0.3 is 5.97 Å². The number of hydrogen-bond acceptors (Lipinski definition) is 4. The van der Waals surface area contributed by atoms with Gasteiger partial charge in [0.15, 0.2) is 0 Å². The molecule has 4 nitrogen and oxygen atoms in total. The van der Waals surface area contributed by atoms with Gasteiger partial charge in [-0.2, -0.15) is 0 Å². The van der Waals surface area contributed by atoms with Crippen LogP contribution in [0.25, 0.3) is 21.8 Å². The van der Waals surface area contributed by atoms with Gasteiger partial charge in [0.25, 0.3) is 0 Å². The first-order chi connectivity index (χ1) is 12.7. The molecule has 26 heavy (non-hydrogen) atoms. The fourth-order valence-electron chi connectivity index (χ4n) is 3.17. The van der Waals surface area contributed by atoms with E-state index in [1.165, 1.54) is 0 Å². The molecule has 0 spiro atoms. The lowest BCUT2D eigenvalue weighted by Gasteiger charge is -2.17. The number of carbonyl (C=O) groups is 1. The normalized spacial score (nSPS) is 11.3. The lowest BCUT2D eigenvalue weighted by Crippen LogP contribution is -2.19. The smallest absolute Gasteiger partial charge is 0.357 e. The molecule has 0 saturated heterocycles. The fraction of sp³-hybridized carbons (Fsp3) is 0.409. The van der Waals surface area contributed by atoms with Crippen molar-refractivity contribution in [2.24, 2.45) is 0 Å². The van der Waals surface area contributed by atoms with Crippen molar-refractivity contribution in [1.29, 1.82) is 0 Å². The topological polar surface area (TPSA) is 52.1 Å². The van der Waals surface area contributed by atoms with Crippen LogP contribution < -0.4 is 0 Å². The summed E-state index contributed by atoms with van der Waals surface area (Å²) in [7, 11) is 0. The number of pyridine rings is 2. The second-order valence-electron chi connectivity index (χ2n) is 6.72. The Hall–Kier alpha value is -2.49.